The number of pyridine rings is 1. The van der Waals surface area contributed by atoms with E-state index in [0.29, 0.717) is 0 Å². The zero-order valence-electron chi connectivity index (χ0n) is 10.1. The molecular weight excluding hydrogens is 208 g/mol. The van der Waals surface area contributed by atoms with Gasteiger partial charge in [0.15, 0.2) is 0 Å². The number of aromatic nitrogens is 1. The first-order valence-corrected chi connectivity index (χ1v) is 6.05. The largest absolute Gasteiger partial charge is 0.320 e. The van der Waals surface area contributed by atoms with Crippen LogP contribution in [-0.4, -0.2) is 4.98 Å². The fourth-order valence-electron chi connectivity index (χ4n) is 1.94. The van der Waals surface area contributed by atoms with Gasteiger partial charge in [0, 0.05) is 12.4 Å². The molecule has 17 heavy (non-hydrogen) atoms. The van der Waals surface area contributed by atoms with Crippen LogP contribution in [-0.2, 0) is 6.42 Å². The average Bonchev–Trinajstić information content (AvgIpc) is 2.40. The van der Waals surface area contributed by atoms with Gasteiger partial charge >= 0.3 is 0 Å². The second-order valence-electron chi connectivity index (χ2n) is 4.25. The second-order valence-corrected chi connectivity index (χ2v) is 4.25. The minimum atomic E-state index is -0.0614. The van der Waals surface area contributed by atoms with Gasteiger partial charge in [-0.2, -0.15) is 0 Å². The summed E-state index contributed by atoms with van der Waals surface area (Å²) in [4.78, 5) is 4.00. The van der Waals surface area contributed by atoms with Gasteiger partial charge in [0.05, 0.1) is 6.04 Å². The summed E-state index contributed by atoms with van der Waals surface area (Å²) in [5, 5.41) is 0. The number of hydrogen-bond acceptors (Lipinski definition) is 2. The van der Waals surface area contributed by atoms with Gasteiger partial charge in [-0.15, -0.1) is 0 Å². The van der Waals surface area contributed by atoms with E-state index in [1.54, 1.807) is 12.4 Å². The highest BCUT2D eigenvalue weighted by Gasteiger charge is 2.07. The molecule has 1 aromatic heterocycles. The minimum absolute atomic E-state index is 0.0614. The molecule has 0 aliphatic rings. The Morgan fingerprint density at radius 2 is 1.59 bits per heavy atom. The summed E-state index contributed by atoms with van der Waals surface area (Å²) < 4.78 is 0. The Hall–Kier alpha value is -1.67. The molecule has 2 nitrogen and oxygen atoms in total. The molecule has 0 saturated carbocycles. The molecule has 2 N–H and O–H groups in total. The third-order valence-electron chi connectivity index (χ3n) is 2.94. The van der Waals surface area contributed by atoms with Crippen LogP contribution in [0.2, 0.25) is 0 Å². The summed E-state index contributed by atoms with van der Waals surface area (Å²) in [5.74, 6) is 0. The number of nitrogens with two attached hydrogens (primary N) is 1. The van der Waals surface area contributed by atoms with Gasteiger partial charge in [-0.1, -0.05) is 37.6 Å². The van der Waals surface area contributed by atoms with Crippen molar-refractivity contribution in [2.24, 2.45) is 5.73 Å². The molecule has 0 fully saturated rings. The molecule has 0 bridgehead atoms. The predicted molar refractivity (Wildman–Crippen MR) is 70.7 cm³/mol. The molecule has 0 amide bonds. The maximum atomic E-state index is 6.21. The minimum Gasteiger partial charge on any atom is -0.320 e. The summed E-state index contributed by atoms with van der Waals surface area (Å²) >= 11 is 0. The Labute approximate surface area is 103 Å². The van der Waals surface area contributed by atoms with Crippen LogP contribution < -0.4 is 5.73 Å². The van der Waals surface area contributed by atoms with Gasteiger partial charge in [0.2, 0.25) is 0 Å². The van der Waals surface area contributed by atoms with E-state index in [9.17, 15) is 0 Å². The molecular formula is C15H18N2. The van der Waals surface area contributed by atoms with Crippen LogP contribution in [0, 0.1) is 0 Å². The highest BCUT2D eigenvalue weighted by Crippen LogP contribution is 2.19. The van der Waals surface area contributed by atoms with E-state index < -0.39 is 0 Å². The number of aryl methyl sites for hydroxylation is 1. The predicted octanol–water partition coefficient (Wildman–Crippen LogP) is 3.08. The maximum Gasteiger partial charge on any atom is 0.0552 e. The number of nitrogens with zero attached hydrogens (tertiary/aromatic N) is 1. The molecule has 0 aliphatic carbocycles. The summed E-state index contributed by atoms with van der Waals surface area (Å²) in [7, 11) is 0. The van der Waals surface area contributed by atoms with Crippen LogP contribution in [0.15, 0.2) is 48.8 Å². The smallest absolute Gasteiger partial charge is 0.0552 e. The third kappa shape index (κ3) is 2.92. The Bertz CT molecular complexity index is 448. The van der Waals surface area contributed by atoms with Crippen LogP contribution in [0.4, 0.5) is 0 Å². The Balaban J connectivity index is 2.17. The molecule has 88 valence electrons. The van der Waals surface area contributed by atoms with E-state index in [0.717, 1.165) is 17.5 Å². The zero-order chi connectivity index (χ0) is 12.1. The van der Waals surface area contributed by atoms with Gasteiger partial charge in [-0.3, -0.25) is 4.98 Å². The van der Waals surface area contributed by atoms with E-state index >= 15 is 0 Å². The van der Waals surface area contributed by atoms with Crippen molar-refractivity contribution in [1.29, 1.82) is 0 Å². The molecule has 0 radical (unpaired) electrons. The zero-order valence-corrected chi connectivity index (χ0v) is 10.1. The van der Waals surface area contributed by atoms with E-state index in [4.69, 9.17) is 5.73 Å². The van der Waals surface area contributed by atoms with Crippen LogP contribution >= 0.6 is 0 Å². The summed E-state index contributed by atoms with van der Waals surface area (Å²) in [6.07, 6.45) is 5.86. The number of hydrogen-bond donors (Lipinski definition) is 1. The quantitative estimate of drug-likeness (QED) is 0.870. The third-order valence-corrected chi connectivity index (χ3v) is 2.94. The Kier molecular flexibility index (Phi) is 3.89. The van der Waals surface area contributed by atoms with Crippen LogP contribution in [0.1, 0.15) is 36.1 Å². The van der Waals surface area contributed by atoms with Gasteiger partial charge < -0.3 is 5.73 Å². The van der Waals surface area contributed by atoms with Crippen LogP contribution in [0.25, 0.3) is 0 Å². The summed E-state index contributed by atoms with van der Waals surface area (Å²) in [6.45, 7) is 2.19. The van der Waals surface area contributed by atoms with E-state index in [1.807, 2.05) is 12.1 Å². The molecule has 0 saturated heterocycles. The molecule has 2 aromatic rings. The summed E-state index contributed by atoms with van der Waals surface area (Å²) in [6, 6.07) is 12.4. The van der Waals surface area contributed by atoms with Crippen LogP contribution in [0.3, 0.4) is 0 Å². The standard InChI is InChI=1S/C15H18N2/c1-2-3-12-4-6-13(7-5-12)15(16)14-8-10-17-11-9-14/h4-11,15H,2-3,16H2,1H3. The van der Waals surface area contributed by atoms with Crippen molar-refractivity contribution >= 4 is 0 Å². The molecule has 1 aromatic carbocycles. The molecule has 2 rings (SSSR count). The van der Waals surface area contributed by atoms with Gasteiger partial charge in [-0.25, -0.2) is 0 Å². The maximum absolute atomic E-state index is 6.21. The lowest BCUT2D eigenvalue weighted by molar-refractivity contribution is 0.862. The van der Waals surface area contributed by atoms with Crippen LogP contribution in [0.5, 0.6) is 0 Å². The van der Waals surface area contributed by atoms with E-state index in [-0.39, 0.29) is 6.04 Å². The Morgan fingerprint density at radius 1 is 1.00 bits per heavy atom. The molecule has 1 atom stereocenters. The van der Waals surface area contributed by atoms with Crippen molar-refractivity contribution in [3.05, 3.63) is 65.5 Å². The van der Waals surface area contributed by atoms with Crippen molar-refractivity contribution in [3.63, 3.8) is 0 Å². The van der Waals surface area contributed by atoms with Crippen molar-refractivity contribution in [2.45, 2.75) is 25.8 Å². The van der Waals surface area contributed by atoms with E-state index in [2.05, 4.69) is 36.2 Å². The lowest BCUT2D eigenvalue weighted by Gasteiger charge is -2.12. The highest BCUT2D eigenvalue weighted by atomic mass is 14.7. The Morgan fingerprint density at radius 3 is 2.18 bits per heavy atom. The van der Waals surface area contributed by atoms with Crippen molar-refractivity contribution in [3.8, 4) is 0 Å². The first kappa shape index (κ1) is 11.8. The average molecular weight is 226 g/mol. The fraction of sp³-hybridized carbons (Fsp3) is 0.267. The van der Waals surface area contributed by atoms with Gasteiger partial charge in [-0.05, 0) is 35.2 Å². The monoisotopic (exact) mass is 226 g/mol. The molecule has 1 heterocycles. The fourth-order valence-corrected chi connectivity index (χ4v) is 1.94. The SMILES string of the molecule is CCCc1ccc(C(N)c2ccncc2)cc1. The summed E-state index contributed by atoms with van der Waals surface area (Å²) in [5.41, 5.74) is 9.84. The highest BCUT2D eigenvalue weighted by molar-refractivity contribution is 5.32. The first-order valence-electron chi connectivity index (χ1n) is 6.05. The number of benzene rings is 1. The number of rotatable bonds is 4. The normalized spacial score (nSPS) is 12.4. The lowest BCUT2D eigenvalue weighted by Crippen LogP contribution is -2.11. The second kappa shape index (κ2) is 5.60. The topological polar surface area (TPSA) is 38.9 Å². The van der Waals surface area contributed by atoms with Gasteiger partial charge in [0.25, 0.3) is 0 Å². The lowest BCUT2D eigenvalue weighted by atomic mass is 9.98. The van der Waals surface area contributed by atoms with Crippen molar-refractivity contribution < 1.29 is 0 Å². The molecule has 0 aliphatic heterocycles. The molecule has 0 spiro atoms. The molecule has 2 heteroatoms. The van der Waals surface area contributed by atoms with Gasteiger partial charge in [0.1, 0.15) is 0 Å². The van der Waals surface area contributed by atoms with E-state index in [1.165, 1.54) is 12.0 Å². The first-order chi connectivity index (χ1) is 8.31. The van der Waals surface area contributed by atoms with Crippen molar-refractivity contribution in [2.75, 3.05) is 0 Å². The molecule has 1 unspecified atom stereocenters. The van der Waals surface area contributed by atoms with Crippen molar-refractivity contribution in [1.82, 2.24) is 4.98 Å².